The van der Waals surface area contributed by atoms with Gasteiger partial charge in [-0.15, -0.1) is 0 Å². The highest BCUT2D eigenvalue weighted by Crippen LogP contribution is 2.25. The molecule has 3 heteroatoms. The van der Waals surface area contributed by atoms with Gasteiger partial charge in [0.1, 0.15) is 0 Å². The monoisotopic (exact) mass is 313 g/mol. The van der Waals surface area contributed by atoms with E-state index in [1.165, 1.54) is 9.13 Å². The summed E-state index contributed by atoms with van der Waals surface area (Å²) in [5.41, 5.74) is 2.43. The molecule has 0 bridgehead atoms. The molecule has 0 radical (unpaired) electrons. The van der Waals surface area contributed by atoms with E-state index >= 15 is 0 Å². The summed E-state index contributed by atoms with van der Waals surface area (Å²) >= 11 is 2.35. The Bertz CT molecular complexity index is 425. The van der Waals surface area contributed by atoms with E-state index in [0.717, 1.165) is 5.56 Å². The molecule has 1 heterocycles. The number of benzene rings is 1. The standard InChI is InChI=1S/C12H12INO/c1-14-12(9-6-7-15-8-9)10-4-2-3-5-11(10)13/h2-8,12,14H,1H3. The van der Waals surface area contributed by atoms with E-state index in [9.17, 15) is 0 Å². The predicted octanol–water partition coefficient (Wildman–Crippen LogP) is 3.19. The Labute approximate surface area is 103 Å². The fourth-order valence-electron chi connectivity index (χ4n) is 1.65. The van der Waals surface area contributed by atoms with Crippen LogP contribution in [0.5, 0.6) is 0 Å². The van der Waals surface area contributed by atoms with Crippen molar-refractivity contribution in [3.8, 4) is 0 Å². The maximum absolute atomic E-state index is 5.12. The SMILES string of the molecule is CNC(c1ccoc1)c1ccccc1I. The minimum atomic E-state index is 0.205. The van der Waals surface area contributed by atoms with Crippen LogP contribution in [0.15, 0.2) is 47.3 Å². The van der Waals surface area contributed by atoms with E-state index in [1.54, 1.807) is 12.5 Å². The molecule has 0 spiro atoms. The average Bonchev–Trinajstić information content (AvgIpc) is 2.75. The minimum Gasteiger partial charge on any atom is -0.472 e. The number of hydrogen-bond acceptors (Lipinski definition) is 2. The fourth-order valence-corrected chi connectivity index (χ4v) is 2.35. The largest absolute Gasteiger partial charge is 0.472 e. The van der Waals surface area contributed by atoms with Crippen molar-refractivity contribution in [3.63, 3.8) is 0 Å². The van der Waals surface area contributed by atoms with E-state index in [4.69, 9.17) is 4.42 Å². The Hall–Kier alpha value is -0.810. The highest BCUT2D eigenvalue weighted by molar-refractivity contribution is 14.1. The summed E-state index contributed by atoms with van der Waals surface area (Å²) in [7, 11) is 1.96. The Balaban J connectivity index is 2.40. The quantitative estimate of drug-likeness (QED) is 0.881. The second-order valence-electron chi connectivity index (χ2n) is 3.30. The second kappa shape index (κ2) is 4.81. The number of nitrogens with one attached hydrogen (secondary N) is 1. The van der Waals surface area contributed by atoms with Crippen LogP contribution in [0.1, 0.15) is 17.2 Å². The zero-order valence-corrected chi connectivity index (χ0v) is 10.6. The van der Waals surface area contributed by atoms with Crippen molar-refractivity contribution in [1.29, 1.82) is 0 Å². The van der Waals surface area contributed by atoms with Gasteiger partial charge >= 0.3 is 0 Å². The molecular weight excluding hydrogens is 301 g/mol. The summed E-state index contributed by atoms with van der Waals surface area (Å²) in [6.07, 6.45) is 3.49. The van der Waals surface area contributed by atoms with E-state index in [1.807, 2.05) is 19.2 Å². The van der Waals surface area contributed by atoms with Crippen LogP contribution in [0.25, 0.3) is 0 Å². The lowest BCUT2D eigenvalue weighted by molar-refractivity contribution is 0.557. The Morgan fingerprint density at radius 2 is 2.07 bits per heavy atom. The molecule has 0 saturated heterocycles. The smallest absolute Gasteiger partial charge is 0.0953 e. The molecule has 1 atom stereocenters. The van der Waals surface area contributed by atoms with Crippen LogP contribution < -0.4 is 5.32 Å². The van der Waals surface area contributed by atoms with E-state index in [0.29, 0.717) is 0 Å². The van der Waals surface area contributed by atoms with Gasteiger partial charge in [-0.05, 0) is 47.3 Å². The van der Waals surface area contributed by atoms with Gasteiger partial charge in [0.2, 0.25) is 0 Å². The van der Waals surface area contributed by atoms with Gasteiger partial charge in [-0.1, -0.05) is 18.2 Å². The van der Waals surface area contributed by atoms with Gasteiger partial charge < -0.3 is 9.73 Å². The third-order valence-corrected chi connectivity index (χ3v) is 3.36. The summed E-state index contributed by atoms with van der Waals surface area (Å²) in [5.74, 6) is 0. The minimum absolute atomic E-state index is 0.205. The molecule has 0 aliphatic rings. The molecule has 0 aliphatic carbocycles. The van der Waals surface area contributed by atoms with Crippen molar-refractivity contribution >= 4 is 22.6 Å². The molecule has 0 aliphatic heterocycles. The molecule has 15 heavy (non-hydrogen) atoms. The van der Waals surface area contributed by atoms with Gasteiger partial charge in [0.05, 0.1) is 18.6 Å². The summed E-state index contributed by atoms with van der Waals surface area (Å²) < 4.78 is 6.38. The van der Waals surface area contributed by atoms with Gasteiger partial charge in [-0.25, -0.2) is 0 Å². The van der Waals surface area contributed by atoms with Gasteiger partial charge in [0.15, 0.2) is 0 Å². The lowest BCUT2D eigenvalue weighted by Crippen LogP contribution is -2.17. The molecular formula is C12H12INO. The van der Waals surface area contributed by atoms with Crippen LogP contribution in [0.3, 0.4) is 0 Å². The van der Waals surface area contributed by atoms with E-state index in [-0.39, 0.29) is 6.04 Å². The van der Waals surface area contributed by atoms with Crippen molar-refractivity contribution in [3.05, 3.63) is 57.6 Å². The zero-order chi connectivity index (χ0) is 10.7. The highest BCUT2D eigenvalue weighted by atomic mass is 127. The summed E-state index contributed by atoms with van der Waals surface area (Å²) in [4.78, 5) is 0. The summed E-state index contributed by atoms with van der Waals surface area (Å²) in [6.45, 7) is 0. The maximum atomic E-state index is 5.12. The summed E-state index contributed by atoms with van der Waals surface area (Å²) in [5, 5.41) is 3.30. The molecule has 0 fully saturated rings. The molecule has 1 N–H and O–H groups in total. The van der Waals surface area contributed by atoms with Crippen molar-refractivity contribution in [1.82, 2.24) is 5.32 Å². The van der Waals surface area contributed by atoms with Crippen molar-refractivity contribution in [2.75, 3.05) is 7.05 Å². The molecule has 2 rings (SSSR count). The third-order valence-electron chi connectivity index (χ3n) is 2.38. The zero-order valence-electron chi connectivity index (χ0n) is 8.41. The maximum Gasteiger partial charge on any atom is 0.0953 e. The Morgan fingerprint density at radius 3 is 2.67 bits per heavy atom. The van der Waals surface area contributed by atoms with E-state index < -0.39 is 0 Å². The van der Waals surface area contributed by atoms with Crippen LogP contribution in [0.2, 0.25) is 0 Å². The van der Waals surface area contributed by atoms with Gasteiger partial charge in [-0.3, -0.25) is 0 Å². The van der Waals surface area contributed by atoms with Crippen molar-refractivity contribution in [2.45, 2.75) is 6.04 Å². The van der Waals surface area contributed by atoms with Gasteiger partial charge in [0, 0.05) is 9.13 Å². The number of furan rings is 1. The first kappa shape index (κ1) is 10.7. The van der Waals surface area contributed by atoms with E-state index in [2.05, 4.69) is 46.1 Å². The molecule has 2 nitrogen and oxygen atoms in total. The molecule has 0 saturated carbocycles. The van der Waals surface area contributed by atoms with Crippen LogP contribution in [0, 0.1) is 3.57 Å². The van der Waals surface area contributed by atoms with Gasteiger partial charge in [-0.2, -0.15) is 0 Å². The molecule has 0 amide bonds. The topological polar surface area (TPSA) is 25.2 Å². The number of halogens is 1. The fraction of sp³-hybridized carbons (Fsp3) is 0.167. The number of rotatable bonds is 3. The predicted molar refractivity (Wildman–Crippen MR) is 68.8 cm³/mol. The van der Waals surface area contributed by atoms with Crippen LogP contribution in [0.4, 0.5) is 0 Å². The first-order valence-corrected chi connectivity index (χ1v) is 5.84. The Morgan fingerprint density at radius 1 is 1.27 bits per heavy atom. The van der Waals surface area contributed by atoms with Crippen LogP contribution in [-0.2, 0) is 0 Å². The molecule has 2 aromatic rings. The molecule has 1 aromatic carbocycles. The highest BCUT2D eigenvalue weighted by Gasteiger charge is 2.14. The van der Waals surface area contributed by atoms with Crippen LogP contribution in [-0.4, -0.2) is 7.05 Å². The van der Waals surface area contributed by atoms with Crippen LogP contribution >= 0.6 is 22.6 Å². The molecule has 1 unspecified atom stereocenters. The Kier molecular flexibility index (Phi) is 3.43. The molecule has 78 valence electrons. The van der Waals surface area contributed by atoms with Gasteiger partial charge in [0.25, 0.3) is 0 Å². The molecule has 1 aromatic heterocycles. The lowest BCUT2D eigenvalue weighted by atomic mass is 10.0. The average molecular weight is 313 g/mol. The van der Waals surface area contributed by atoms with Crippen molar-refractivity contribution in [2.24, 2.45) is 0 Å². The lowest BCUT2D eigenvalue weighted by Gasteiger charge is -2.16. The normalized spacial score (nSPS) is 12.7. The first-order chi connectivity index (χ1) is 7.33. The van der Waals surface area contributed by atoms with Crippen molar-refractivity contribution < 1.29 is 4.42 Å². The second-order valence-corrected chi connectivity index (χ2v) is 4.46. The first-order valence-electron chi connectivity index (χ1n) is 4.76. The third kappa shape index (κ3) is 2.23. The summed E-state index contributed by atoms with van der Waals surface area (Å²) in [6, 6.07) is 10.5. The number of hydrogen-bond donors (Lipinski definition) is 1.